The van der Waals surface area contributed by atoms with Crippen LogP contribution in [0.4, 0.5) is 0 Å². The third-order valence-electron chi connectivity index (χ3n) is 1.75. The fraction of sp³-hybridized carbons (Fsp3) is 0.400. The maximum absolute atomic E-state index is 10.7. The van der Waals surface area contributed by atoms with Gasteiger partial charge in [-0.05, 0) is 12.5 Å². The number of rotatable bonds is 5. The molecule has 0 unspecified atom stereocenters. The Kier molecular flexibility index (Phi) is 4.47. The number of allylic oxidation sites excluding steroid dienone is 1. The smallest absolute Gasteiger partial charge is 0.330 e. The van der Waals surface area contributed by atoms with Crippen molar-refractivity contribution in [2.75, 3.05) is 19.8 Å². The van der Waals surface area contributed by atoms with Crippen molar-refractivity contribution < 1.29 is 9.53 Å². The van der Waals surface area contributed by atoms with Crippen LogP contribution in [0, 0.1) is 0 Å². The van der Waals surface area contributed by atoms with Crippen molar-refractivity contribution >= 4 is 12.2 Å². The van der Waals surface area contributed by atoms with Crippen LogP contribution in [-0.2, 0) is 9.53 Å². The summed E-state index contributed by atoms with van der Waals surface area (Å²) in [5, 5.41) is 0. The topological polar surface area (TPSA) is 41.9 Å². The molecule has 0 atom stereocenters. The Hall–Kier alpha value is -1.58. The average Bonchev–Trinajstić information content (AvgIpc) is 2.25. The second-order valence-electron chi connectivity index (χ2n) is 2.85. The number of nitrogens with zero attached hydrogens (tertiary/aromatic N) is 2. The van der Waals surface area contributed by atoms with Gasteiger partial charge in [0.25, 0.3) is 0 Å². The highest BCUT2D eigenvalue weighted by atomic mass is 16.5. The van der Waals surface area contributed by atoms with Gasteiger partial charge in [-0.2, -0.15) is 0 Å². The molecule has 0 N–H and O–H groups in total. The molecule has 1 aliphatic rings. The van der Waals surface area contributed by atoms with Crippen LogP contribution in [0.3, 0.4) is 0 Å². The lowest BCUT2D eigenvalue weighted by molar-refractivity contribution is -0.137. The van der Waals surface area contributed by atoms with Crippen LogP contribution in [0.1, 0.15) is 6.42 Å². The second kappa shape index (κ2) is 5.96. The van der Waals surface area contributed by atoms with Crippen molar-refractivity contribution in [1.29, 1.82) is 0 Å². The maximum Gasteiger partial charge on any atom is 0.330 e. The van der Waals surface area contributed by atoms with E-state index in [9.17, 15) is 4.79 Å². The van der Waals surface area contributed by atoms with Crippen molar-refractivity contribution in [2.45, 2.75) is 6.42 Å². The molecule has 0 saturated heterocycles. The summed E-state index contributed by atoms with van der Waals surface area (Å²) in [6.07, 6.45) is 7.61. The molecule has 76 valence electrons. The van der Waals surface area contributed by atoms with E-state index >= 15 is 0 Å². The van der Waals surface area contributed by atoms with Crippen molar-refractivity contribution in [3.8, 4) is 0 Å². The van der Waals surface area contributed by atoms with E-state index < -0.39 is 0 Å². The highest BCUT2D eigenvalue weighted by Gasteiger charge is 2.00. The van der Waals surface area contributed by atoms with E-state index in [0.29, 0.717) is 13.3 Å². The number of ether oxygens (including phenoxy) is 1. The van der Waals surface area contributed by atoms with Crippen LogP contribution in [0.5, 0.6) is 0 Å². The summed E-state index contributed by atoms with van der Waals surface area (Å²) >= 11 is 0. The minimum Gasteiger partial charge on any atom is -0.462 e. The van der Waals surface area contributed by atoms with E-state index in [-0.39, 0.29) is 5.97 Å². The fourth-order valence-electron chi connectivity index (χ4n) is 1.06. The average molecular weight is 194 g/mol. The maximum atomic E-state index is 10.7. The molecule has 0 aromatic rings. The number of hydrogen-bond acceptors (Lipinski definition) is 4. The fourth-order valence-corrected chi connectivity index (χ4v) is 1.06. The molecule has 4 heteroatoms. The minimum absolute atomic E-state index is 0.364. The van der Waals surface area contributed by atoms with Gasteiger partial charge in [-0.1, -0.05) is 6.58 Å². The Morgan fingerprint density at radius 2 is 2.57 bits per heavy atom. The van der Waals surface area contributed by atoms with Gasteiger partial charge in [0, 0.05) is 25.0 Å². The van der Waals surface area contributed by atoms with Gasteiger partial charge in [-0.25, -0.2) is 4.79 Å². The van der Waals surface area contributed by atoms with Crippen molar-refractivity contribution in [3.05, 3.63) is 24.9 Å². The number of esters is 1. The van der Waals surface area contributed by atoms with Crippen molar-refractivity contribution in [1.82, 2.24) is 4.90 Å². The lowest BCUT2D eigenvalue weighted by atomic mass is 10.4. The van der Waals surface area contributed by atoms with Gasteiger partial charge in [0.1, 0.15) is 6.67 Å². The van der Waals surface area contributed by atoms with Crippen LogP contribution < -0.4 is 0 Å². The predicted molar refractivity (Wildman–Crippen MR) is 55.0 cm³/mol. The number of carbonyl (C=O) groups is 1. The monoisotopic (exact) mass is 194 g/mol. The van der Waals surface area contributed by atoms with E-state index in [0.717, 1.165) is 13.0 Å². The molecule has 1 rings (SSSR count). The molecule has 0 saturated carbocycles. The van der Waals surface area contributed by atoms with Crippen LogP contribution >= 0.6 is 0 Å². The van der Waals surface area contributed by atoms with E-state index in [1.165, 1.54) is 6.08 Å². The highest BCUT2D eigenvalue weighted by molar-refractivity contribution is 5.81. The quantitative estimate of drug-likeness (QED) is 0.372. The molecular formula is C10H14N2O2. The molecule has 4 nitrogen and oxygen atoms in total. The molecule has 0 bridgehead atoms. The number of hydrogen-bond donors (Lipinski definition) is 0. The van der Waals surface area contributed by atoms with Gasteiger partial charge in [-0.15, -0.1) is 0 Å². The number of aliphatic imine (C=N–C) groups is 1. The Morgan fingerprint density at radius 1 is 1.71 bits per heavy atom. The Morgan fingerprint density at radius 3 is 3.21 bits per heavy atom. The zero-order chi connectivity index (χ0) is 10.2. The minimum atomic E-state index is -0.364. The van der Waals surface area contributed by atoms with Crippen molar-refractivity contribution in [3.63, 3.8) is 0 Å². The first-order valence-electron chi connectivity index (χ1n) is 4.53. The largest absolute Gasteiger partial charge is 0.462 e. The highest BCUT2D eigenvalue weighted by Crippen LogP contribution is 1.97. The molecule has 0 fully saturated rings. The molecule has 0 radical (unpaired) electrons. The molecule has 0 amide bonds. The van der Waals surface area contributed by atoms with Crippen molar-refractivity contribution in [2.24, 2.45) is 4.99 Å². The lowest BCUT2D eigenvalue weighted by Gasteiger charge is -2.19. The van der Waals surface area contributed by atoms with Gasteiger partial charge in [0.05, 0.1) is 6.61 Å². The molecule has 0 aromatic carbocycles. The third-order valence-corrected chi connectivity index (χ3v) is 1.75. The number of carbonyl (C=O) groups excluding carboxylic acids is 1. The molecule has 0 aliphatic carbocycles. The van der Waals surface area contributed by atoms with Crippen LogP contribution in [0.25, 0.3) is 0 Å². The Balaban J connectivity index is 2.04. The summed E-state index contributed by atoms with van der Waals surface area (Å²) in [5.41, 5.74) is 0. The van der Waals surface area contributed by atoms with Gasteiger partial charge in [-0.3, -0.25) is 4.99 Å². The summed E-state index contributed by atoms with van der Waals surface area (Å²) in [6, 6.07) is 0. The molecule has 0 spiro atoms. The van der Waals surface area contributed by atoms with Gasteiger partial charge < -0.3 is 9.64 Å². The van der Waals surface area contributed by atoms with E-state index in [1.54, 1.807) is 6.21 Å². The standard InChI is InChI=1S/C10H14N2O2/c1-2-10(13)14-8-4-7-12-6-3-5-11-9-12/h2-3,5-6H,1,4,7-9H2. The molecule has 1 heterocycles. The normalized spacial score (nSPS) is 14.1. The molecule has 14 heavy (non-hydrogen) atoms. The van der Waals surface area contributed by atoms with Gasteiger partial charge in [0.15, 0.2) is 0 Å². The van der Waals surface area contributed by atoms with Crippen LogP contribution in [0.2, 0.25) is 0 Å². The van der Waals surface area contributed by atoms with E-state index in [2.05, 4.69) is 16.5 Å². The third kappa shape index (κ3) is 3.89. The van der Waals surface area contributed by atoms with Crippen LogP contribution in [-0.4, -0.2) is 36.9 Å². The lowest BCUT2D eigenvalue weighted by Crippen LogP contribution is -2.22. The summed E-state index contributed by atoms with van der Waals surface area (Å²) in [6.45, 7) is 5.28. The molecule has 1 aliphatic heterocycles. The van der Waals surface area contributed by atoms with E-state index in [1.807, 2.05) is 12.3 Å². The Bertz CT molecular complexity index is 259. The zero-order valence-corrected chi connectivity index (χ0v) is 8.06. The summed E-state index contributed by atoms with van der Waals surface area (Å²) < 4.78 is 4.84. The van der Waals surface area contributed by atoms with Gasteiger partial charge in [0.2, 0.25) is 0 Å². The SMILES string of the molecule is C=CC(=O)OCCCN1C=CC=NC1. The first kappa shape index (κ1) is 10.5. The van der Waals surface area contributed by atoms with Gasteiger partial charge >= 0.3 is 5.97 Å². The Labute approximate surface area is 83.6 Å². The summed E-state index contributed by atoms with van der Waals surface area (Å²) in [4.78, 5) is 16.8. The van der Waals surface area contributed by atoms with E-state index in [4.69, 9.17) is 4.74 Å². The summed E-state index contributed by atoms with van der Waals surface area (Å²) in [7, 11) is 0. The second-order valence-corrected chi connectivity index (χ2v) is 2.85. The summed E-state index contributed by atoms with van der Waals surface area (Å²) in [5.74, 6) is -0.364. The predicted octanol–water partition coefficient (Wildman–Crippen LogP) is 0.963. The molecular weight excluding hydrogens is 180 g/mol. The zero-order valence-electron chi connectivity index (χ0n) is 8.06. The first-order valence-corrected chi connectivity index (χ1v) is 4.53. The molecule has 0 aromatic heterocycles. The first-order chi connectivity index (χ1) is 6.83. The van der Waals surface area contributed by atoms with Crippen LogP contribution in [0.15, 0.2) is 29.9 Å².